The van der Waals surface area contributed by atoms with Gasteiger partial charge in [-0.25, -0.2) is 9.97 Å². The summed E-state index contributed by atoms with van der Waals surface area (Å²) in [5.74, 6) is 3.28. The molecule has 0 amide bonds. The molecule has 1 atom stereocenters. The topological polar surface area (TPSA) is 49.8 Å². The lowest BCUT2D eigenvalue weighted by Crippen LogP contribution is -2.21. The second-order valence-corrected chi connectivity index (χ2v) is 5.82. The van der Waals surface area contributed by atoms with E-state index in [1.807, 2.05) is 7.05 Å². The molecule has 4 nitrogen and oxygen atoms in total. The molecular weight excluding hydrogens is 236 g/mol. The van der Waals surface area contributed by atoms with Crippen LogP contribution >= 0.6 is 0 Å². The number of anilines is 2. The van der Waals surface area contributed by atoms with Crippen LogP contribution in [0.25, 0.3) is 0 Å². The van der Waals surface area contributed by atoms with Crippen molar-refractivity contribution >= 4 is 11.6 Å². The van der Waals surface area contributed by atoms with E-state index in [1.165, 1.54) is 24.8 Å². The van der Waals surface area contributed by atoms with Crippen molar-refractivity contribution in [3.8, 4) is 0 Å². The molecule has 2 N–H and O–H groups in total. The second-order valence-electron chi connectivity index (χ2n) is 5.82. The first-order valence-corrected chi connectivity index (χ1v) is 7.44. The zero-order valence-corrected chi connectivity index (χ0v) is 12.5. The van der Waals surface area contributed by atoms with Crippen molar-refractivity contribution < 1.29 is 0 Å². The predicted octanol–water partition coefficient (Wildman–Crippen LogP) is 3.63. The molecule has 106 valence electrons. The fourth-order valence-electron chi connectivity index (χ4n) is 2.53. The lowest BCUT2D eigenvalue weighted by molar-refractivity contribution is 0.583. The van der Waals surface area contributed by atoms with Crippen molar-refractivity contribution in [2.45, 2.75) is 58.4 Å². The number of hydrogen-bond donors (Lipinski definition) is 2. The SMILES string of the molecule is CCC(CC1CC1)Nc1ncnc(NC)c1C(C)C. The van der Waals surface area contributed by atoms with Crippen LogP contribution in [-0.2, 0) is 0 Å². The molecule has 0 aliphatic heterocycles. The Labute approximate surface area is 116 Å². The lowest BCUT2D eigenvalue weighted by Gasteiger charge is -2.22. The summed E-state index contributed by atoms with van der Waals surface area (Å²) < 4.78 is 0. The zero-order valence-electron chi connectivity index (χ0n) is 12.5. The highest BCUT2D eigenvalue weighted by molar-refractivity contribution is 5.59. The molecule has 1 aliphatic carbocycles. The van der Waals surface area contributed by atoms with Crippen molar-refractivity contribution in [2.24, 2.45) is 5.92 Å². The van der Waals surface area contributed by atoms with Crippen LogP contribution in [0.5, 0.6) is 0 Å². The third kappa shape index (κ3) is 3.58. The molecule has 1 saturated carbocycles. The van der Waals surface area contributed by atoms with E-state index in [2.05, 4.69) is 41.4 Å². The molecule has 1 unspecified atom stereocenters. The van der Waals surface area contributed by atoms with Gasteiger partial charge >= 0.3 is 0 Å². The maximum Gasteiger partial charge on any atom is 0.135 e. The minimum atomic E-state index is 0.407. The van der Waals surface area contributed by atoms with Gasteiger partial charge in [-0.15, -0.1) is 0 Å². The first-order valence-electron chi connectivity index (χ1n) is 7.44. The van der Waals surface area contributed by atoms with Crippen molar-refractivity contribution in [2.75, 3.05) is 17.7 Å². The predicted molar refractivity (Wildman–Crippen MR) is 80.7 cm³/mol. The van der Waals surface area contributed by atoms with Gasteiger partial charge in [0.1, 0.15) is 18.0 Å². The van der Waals surface area contributed by atoms with Crippen LogP contribution in [0.2, 0.25) is 0 Å². The van der Waals surface area contributed by atoms with E-state index in [0.717, 1.165) is 24.0 Å². The van der Waals surface area contributed by atoms with E-state index in [0.29, 0.717) is 12.0 Å². The van der Waals surface area contributed by atoms with Gasteiger partial charge in [-0.05, 0) is 24.7 Å². The molecule has 1 aliphatic rings. The van der Waals surface area contributed by atoms with Crippen LogP contribution < -0.4 is 10.6 Å². The van der Waals surface area contributed by atoms with E-state index in [4.69, 9.17) is 0 Å². The van der Waals surface area contributed by atoms with E-state index < -0.39 is 0 Å². The van der Waals surface area contributed by atoms with Gasteiger partial charge in [0, 0.05) is 18.7 Å². The molecule has 1 aromatic rings. The quantitative estimate of drug-likeness (QED) is 0.788. The Kier molecular flexibility index (Phi) is 4.61. The van der Waals surface area contributed by atoms with Gasteiger partial charge in [0.25, 0.3) is 0 Å². The van der Waals surface area contributed by atoms with Gasteiger partial charge in [-0.2, -0.15) is 0 Å². The molecule has 1 heterocycles. The van der Waals surface area contributed by atoms with Crippen LogP contribution in [0.15, 0.2) is 6.33 Å². The average Bonchev–Trinajstić information content (AvgIpc) is 3.21. The summed E-state index contributed by atoms with van der Waals surface area (Å²) in [5.41, 5.74) is 1.19. The van der Waals surface area contributed by atoms with Crippen molar-refractivity contribution in [3.05, 3.63) is 11.9 Å². The van der Waals surface area contributed by atoms with Crippen molar-refractivity contribution in [1.82, 2.24) is 9.97 Å². The fourth-order valence-corrected chi connectivity index (χ4v) is 2.53. The molecule has 1 fully saturated rings. The summed E-state index contributed by atoms with van der Waals surface area (Å²) in [7, 11) is 1.92. The summed E-state index contributed by atoms with van der Waals surface area (Å²) in [4.78, 5) is 8.79. The molecule has 0 radical (unpaired) electrons. The molecule has 0 spiro atoms. The molecule has 0 saturated heterocycles. The third-order valence-corrected chi connectivity index (χ3v) is 3.85. The van der Waals surface area contributed by atoms with Crippen LogP contribution in [0.4, 0.5) is 11.6 Å². The molecule has 0 bridgehead atoms. The summed E-state index contributed by atoms with van der Waals surface area (Å²) >= 11 is 0. The Morgan fingerprint density at radius 3 is 2.47 bits per heavy atom. The highest BCUT2D eigenvalue weighted by Crippen LogP contribution is 2.35. The number of nitrogens with zero attached hydrogens (tertiary/aromatic N) is 2. The van der Waals surface area contributed by atoms with Gasteiger partial charge in [-0.1, -0.05) is 33.6 Å². The van der Waals surface area contributed by atoms with Crippen molar-refractivity contribution in [1.29, 1.82) is 0 Å². The van der Waals surface area contributed by atoms with E-state index in [-0.39, 0.29) is 0 Å². The Balaban J connectivity index is 2.17. The normalized spacial score (nSPS) is 16.5. The maximum atomic E-state index is 4.46. The summed E-state index contributed by atoms with van der Waals surface area (Å²) in [6, 6.07) is 0.532. The fraction of sp³-hybridized carbons (Fsp3) is 0.733. The zero-order chi connectivity index (χ0) is 13.8. The van der Waals surface area contributed by atoms with Gasteiger partial charge in [0.2, 0.25) is 0 Å². The number of hydrogen-bond acceptors (Lipinski definition) is 4. The average molecular weight is 262 g/mol. The Hall–Kier alpha value is -1.32. The first-order chi connectivity index (χ1) is 9.15. The van der Waals surface area contributed by atoms with Crippen molar-refractivity contribution in [3.63, 3.8) is 0 Å². The molecule has 0 aromatic carbocycles. The molecule has 2 rings (SSSR count). The molecule has 4 heteroatoms. The standard InChI is InChI=1S/C15H26N4/c1-5-12(8-11-6-7-11)19-15-13(10(2)3)14(16-4)17-9-18-15/h9-12H,5-8H2,1-4H3,(H2,16,17,18,19). The first kappa shape index (κ1) is 14.1. The molecule has 1 aromatic heterocycles. The number of nitrogens with one attached hydrogen (secondary N) is 2. The Morgan fingerprint density at radius 2 is 1.95 bits per heavy atom. The maximum absolute atomic E-state index is 4.46. The summed E-state index contributed by atoms with van der Waals surface area (Å²) in [5, 5.41) is 6.80. The second kappa shape index (κ2) is 6.22. The van der Waals surface area contributed by atoms with Gasteiger partial charge in [0.15, 0.2) is 0 Å². The van der Waals surface area contributed by atoms with Crippen LogP contribution in [0, 0.1) is 5.92 Å². The smallest absolute Gasteiger partial charge is 0.135 e. The van der Waals surface area contributed by atoms with Crippen LogP contribution in [-0.4, -0.2) is 23.1 Å². The summed E-state index contributed by atoms with van der Waals surface area (Å²) in [6.45, 7) is 6.62. The van der Waals surface area contributed by atoms with E-state index in [9.17, 15) is 0 Å². The highest BCUT2D eigenvalue weighted by atomic mass is 15.1. The van der Waals surface area contributed by atoms with Gasteiger partial charge in [0.05, 0.1) is 0 Å². The van der Waals surface area contributed by atoms with E-state index in [1.54, 1.807) is 6.33 Å². The summed E-state index contributed by atoms with van der Waals surface area (Å²) in [6.07, 6.45) is 6.87. The lowest BCUT2D eigenvalue weighted by atomic mass is 10.0. The van der Waals surface area contributed by atoms with Gasteiger partial charge < -0.3 is 10.6 Å². The largest absolute Gasteiger partial charge is 0.373 e. The van der Waals surface area contributed by atoms with Crippen LogP contribution in [0.1, 0.15) is 57.9 Å². The highest BCUT2D eigenvalue weighted by Gasteiger charge is 2.25. The Bertz CT molecular complexity index is 413. The third-order valence-electron chi connectivity index (χ3n) is 3.85. The van der Waals surface area contributed by atoms with Crippen LogP contribution in [0.3, 0.4) is 0 Å². The molecular formula is C15H26N4. The van der Waals surface area contributed by atoms with E-state index >= 15 is 0 Å². The molecule has 19 heavy (non-hydrogen) atoms. The Morgan fingerprint density at radius 1 is 1.26 bits per heavy atom. The minimum Gasteiger partial charge on any atom is -0.373 e. The van der Waals surface area contributed by atoms with Gasteiger partial charge in [-0.3, -0.25) is 0 Å². The minimum absolute atomic E-state index is 0.407. The number of aromatic nitrogens is 2. The number of rotatable bonds is 7. The monoisotopic (exact) mass is 262 g/mol.